The van der Waals surface area contributed by atoms with Crippen LogP contribution in [0.4, 0.5) is 5.69 Å². The predicted molar refractivity (Wildman–Crippen MR) is 157 cm³/mol. The smallest absolute Gasteiger partial charge is 0.185 e. The van der Waals surface area contributed by atoms with E-state index < -0.39 is 12.4 Å². The third-order valence-electron chi connectivity index (χ3n) is 7.91. The number of nitrogen functional groups attached to an aromatic ring is 1. The highest BCUT2D eigenvalue weighted by molar-refractivity contribution is 5.41. The minimum absolute atomic E-state index is 0.0159. The molecule has 208 valence electrons. The van der Waals surface area contributed by atoms with Gasteiger partial charge in [0.25, 0.3) is 0 Å². The summed E-state index contributed by atoms with van der Waals surface area (Å²) in [6, 6.07) is 35.4. The monoisotopic (exact) mass is 538 g/mol. The number of aliphatic hydroxyl groups is 2. The lowest BCUT2D eigenvalue weighted by molar-refractivity contribution is -0.264. The Morgan fingerprint density at radius 3 is 2.10 bits per heavy atom. The summed E-state index contributed by atoms with van der Waals surface area (Å²) in [6.45, 7) is 2.59. The Labute approximate surface area is 236 Å². The molecule has 0 bridgehead atoms. The molecule has 5 rings (SSSR count). The fraction of sp³-hybridized carbons (Fsp3) is 0.294. The number of anilines is 1. The molecule has 6 nitrogen and oxygen atoms in total. The van der Waals surface area contributed by atoms with Crippen molar-refractivity contribution >= 4 is 5.69 Å². The molecule has 0 saturated carbocycles. The average molecular weight is 539 g/mol. The number of aliphatic hydroxyl groups excluding tert-OH is 2. The van der Waals surface area contributed by atoms with Crippen molar-refractivity contribution in [1.82, 2.24) is 4.90 Å². The Kier molecular flexibility index (Phi) is 8.94. The Hall–Kier alpha value is -3.52. The van der Waals surface area contributed by atoms with Crippen LogP contribution in [0.15, 0.2) is 109 Å². The first-order valence-electron chi connectivity index (χ1n) is 13.8. The summed E-state index contributed by atoms with van der Waals surface area (Å²) in [5, 5.41) is 20.8. The van der Waals surface area contributed by atoms with E-state index in [4.69, 9.17) is 15.2 Å². The van der Waals surface area contributed by atoms with E-state index >= 15 is 0 Å². The fourth-order valence-electron chi connectivity index (χ4n) is 5.49. The van der Waals surface area contributed by atoms with Gasteiger partial charge in [-0.3, -0.25) is 4.90 Å². The Morgan fingerprint density at radius 2 is 1.45 bits per heavy atom. The van der Waals surface area contributed by atoms with Crippen LogP contribution in [0, 0.1) is 0 Å². The summed E-state index contributed by atoms with van der Waals surface area (Å²) >= 11 is 0. The first-order chi connectivity index (χ1) is 19.4. The van der Waals surface area contributed by atoms with E-state index in [2.05, 4.69) is 17.0 Å². The molecule has 6 unspecified atom stereocenters. The van der Waals surface area contributed by atoms with Crippen molar-refractivity contribution < 1.29 is 19.7 Å². The van der Waals surface area contributed by atoms with Crippen molar-refractivity contribution in [2.45, 2.75) is 50.1 Å². The highest BCUT2D eigenvalue weighted by Crippen LogP contribution is 2.47. The Morgan fingerprint density at radius 1 is 0.800 bits per heavy atom. The third kappa shape index (κ3) is 6.28. The molecule has 0 radical (unpaired) electrons. The molecule has 4 N–H and O–H groups in total. The van der Waals surface area contributed by atoms with Crippen molar-refractivity contribution in [3.05, 3.63) is 137 Å². The molecule has 0 aliphatic carbocycles. The molecule has 0 amide bonds. The van der Waals surface area contributed by atoms with E-state index in [0.29, 0.717) is 12.2 Å². The molecule has 4 aromatic rings. The maximum absolute atomic E-state index is 11.2. The van der Waals surface area contributed by atoms with Gasteiger partial charge in [-0.1, -0.05) is 97.1 Å². The Bertz CT molecular complexity index is 1350. The van der Waals surface area contributed by atoms with Gasteiger partial charge in [0, 0.05) is 29.8 Å². The molecule has 6 atom stereocenters. The van der Waals surface area contributed by atoms with E-state index in [0.717, 1.165) is 27.8 Å². The number of ether oxygens (including phenoxy) is 2. The maximum Gasteiger partial charge on any atom is 0.185 e. The van der Waals surface area contributed by atoms with Crippen LogP contribution < -0.4 is 5.73 Å². The van der Waals surface area contributed by atoms with E-state index in [-0.39, 0.29) is 30.8 Å². The fourth-order valence-corrected chi connectivity index (χ4v) is 5.49. The molecule has 0 spiro atoms. The van der Waals surface area contributed by atoms with Gasteiger partial charge in [-0.05, 0) is 48.4 Å². The second-order valence-corrected chi connectivity index (χ2v) is 10.6. The molecule has 4 aromatic carbocycles. The summed E-state index contributed by atoms with van der Waals surface area (Å²) < 4.78 is 13.5. The molecule has 1 heterocycles. The highest BCUT2D eigenvalue weighted by Gasteiger charge is 2.43. The molecule has 40 heavy (non-hydrogen) atoms. The van der Waals surface area contributed by atoms with Crippen molar-refractivity contribution in [3.63, 3.8) is 0 Å². The minimum atomic E-state index is -0.646. The molecule has 6 heteroatoms. The average Bonchev–Trinajstić information content (AvgIpc) is 3.00. The van der Waals surface area contributed by atoms with Gasteiger partial charge in [0.2, 0.25) is 0 Å². The lowest BCUT2D eigenvalue weighted by atomic mass is 9.83. The number of hydrogen-bond acceptors (Lipinski definition) is 6. The number of hydrogen-bond donors (Lipinski definition) is 3. The van der Waals surface area contributed by atoms with Gasteiger partial charge in [0.15, 0.2) is 6.29 Å². The maximum atomic E-state index is 11.2. The van der Waals surface area contributed by atoms with Gasteiger partial charge in [-0.25, -0.2) is 0 Å². The van der Waals surface area contributed by atoms with Crippen molar-refractivity contribution in [2.75, 3.05) is 19.3 Å². The van der Waals surface area contributed by atoms with Gasteiger partial charge in [-0.15, -0.1) is 0 Å². The standard InChI is InChI=1S/C34H38N2O4/c1-23(32(38)26-12-7-4-8-13-26)36(2)21-30-31(25-10-5-3-6-11-25)33(27-18-16-24(22-37)17-19-27)40-34(39-30)28-14-9-15-29(35)20-28/h3-20,23,30-34,37-38H,21-22,35H2,1-2H3. The van der Waals surface area contributed by atoms with Crippen molar-refractivity contribution in [3.8, 4) is 0 Å². The van der Waals surface area contributed by atoms with E-state index in [1.165, 1.54) is 0 Å². The first-order valence-corrected chi connectivity index (χ1v) is 13.8. The molecule has 1 saturated heterocycles. The van der Waals surface area contributed by atoms with Crippen LogP contribution >= 0.6 is 0 Å². The van der Waals surface area contributed by atoms with E-state index in [1.54, 1.807) is 0 Å². The molecule has 0 aromatic heterocycles. The number of likely N-dealkylation sites (N-methyl/N-ethyl adjacent to an activating group) is 1. The SMILES string of the molecule is CC(C(O)c1ccccc1)N(C)CC1OC(c2cccc(N)c2)OC(c2ccc(CO)cc2)C1c1ccccc1. The van der Waals surface area contributed by atoms with Gasteiger partial charge < -0.3 is 25.4 Å². The zero-order chi connectivity index (χ0) is 28.1. The third-order valence-corrected chi connectivity index (χ3v) is 7.91. The highest BCUT2D eigenvalue weighted by atomic mass is 16.7. The van der Waals surface area contributed by atoms with Crippen LogP contribution in [0.5, 0.6) is 0 Å². The molecular weight excluding hydrogens is 500 g/mol. The lowest BCUT2D eigenvalue weighted by Crippen LogP contribution is -2.46. The first kappa shape index (κ1) is 28.0. The van der Waals surface area contributed by atoms with Crippen LogP contribution in [0.25, 0.3) is 0 Å². The van der Waals surface area contributed by atoms with Crippen LogP contribution in [-0.2, 0) is 16.1 Å². The van der Waals surface area contributed by atoms with Gasteiger partial charge in [0.1, 0.15) is 0 Å². The van der Waals surface area contributed by atoms with Gasteiger partial charge in [0.05, 0.1) is 24.9 Å². The second-order valence-electron chi connectivity index (χ2n) is 10.6. The molecule has 1 fully saturated rings. The number of rotatable bonds is 9. The van der Waals surface area contributed by atoms with E-state index in [1.807, 2.05) is 111 Å². The quantitative estimate of drug-likeness (QED) is 0.235. The Balaban J connectivity index is 1.51. The van der Waals surface area contributed by atoms with Crippen LogP contribution in [0.3, 0.4) is 0 Å². The lowest BCUT2D eigenvalue weighted by Gasteiger charge is -2.45. The van der Waals surface area contributed by atoms with Crippen LogP contribution in [-0.4, -0.2) is 40.9 Å². The second kappa shape index (κ2) is 12.8. The summed E-state index contributed by atoms with van der Waals surface area (Å²) in [4.78, 5) is 2.16. The zero-order valence-corrected chi connectivity index (χ0v) is 23.0. The van der Waals surface area contributed by atoms with E-state index in [9.17, 15) is 10.2 Å². The van der Waals surface area contributed by atoms with Gasteiger partial charge >= 0.3 is 0 Å². The molecular formula is C34H38N2O4. The predicted octanol–water partition coefficient (Wildman–Crippen LogP) is 5.75. The number of nitrogens with two attached hydrogens (primary N) is 1. The van der Waals surface area contributed by atoms with Crippen LogP contribution in [0.1, 0.15) is 59.2 Å². The minimum Gasteiger partial charge on any atom is -0.399 e. The normalized spacial score (nSPS) is 22.6. The molecule has 1 aliphatic rings. The summed E-state index contributed by atoms with van der Waals surface area (Å²) in [6.07, 6.45) is -1.85. The van der Waals surface area contributed by atoms with Crippen molar-refractivity contribution in [1.29, 1.82) is 0 Å². The summed E-state index contributed by atoms with van der Waals surface area (Å²) in [5.41, 5.74) is 11.5. The van der Waals surface area contributed by atoms with Crippen LogP contribution in [0.2, 0.25) is 0 Å². The topological polar surface area (TPSA) is 88.2 Å². The van der Waals surface area contributed by atoms with Gasteiger partial charge in [-0.2, -0.15) is 0 Å². The summed E-state index contributed by atoms with van der Waals surface area (Å²) in [7, 11) is 2.03. The van der Waals surface area contributed by atoms with Crippen molar-refractivity contribution in [2.24, 2.45) is 0 Å². The molecule has 1 aliphatic heterocycles. The summed E-state index contributed by atoms with van der Waals surface area (Å²) in [5.74, 6) is -0.123. The zero-order valence-electron chi connectivity index (χ0n) is 23.0. The number of benzene rings is 4. The largest absolute Gasteiger partial charge is 0.399 e. The number of nitrogens with zero attached hydrogens (tertiary/aromatic N) is 1.